The van der Waals surface area contributed by atoms with E-state index >= 15 is 0 Å². The Balaban J connectivity index is 2.14. The van der Waals surface area contributed by atoms with Crippen molar-refractivity contribution in [3.8, 4) is 0 Å². The number of hydrogen-bond donors (Lipinski definition) is 1. The zero-order valence-corrected chi connectivity index (χ0v) is 12.6. The topological polar surface area (TPSA) is 46.2 Å². The van der Waals surface area contributed by atoms with Gasteiger partial charge >= 0.3 is 6.18 Å². The number of ketones is 1. The molecule has 0 bridgehead atoms. The molecule has 0 saturated carbocycles. The highest BCUT2D eigenvalue weighted by molar-refractivity contribution is 6.02. The van der Waals surface area contributed by atoms with Crippen LogP contribution in [-0.2, 0) is 6.18 Å². The quantitative estimate of drug-likeness (QED) is 0.379. The van der Waals surface area contributed by atoms with Crippen molar-refractivity contribution in [1.29, 1.82) is 0 Å². The number of Topliss-reactive ketones (excluding diaryl/α,β-unsaturated/α-hetero) is 1. The summed E-state index contributed by atoms with van der Waals surface area (Å²) in [5.74, 6) is -10.5. The van der Waals surface area contributed by atoms with Crippen LogP contribution in [0.1, 0.15) is 26.3 Å². The molecule has 0 atom stereocenters. The minimum Gasteiger partial charge on any atom is -0.344 e. The van der Waals surface area contributed by atoms with Crippen LogP contribution in [-0.4, -0.2) is 18.2 Å². The Morgan fingerprint density at radius 1 is 0.923 bits per heavy atom. The minimum atomic E-state index is -4.69. The fraction of sp³-hybridized carbons (Fsp3) is 0.125. The molecule has 0 aliphatic heterocycles. The Kier molecular flexibility index (Phi) is 5.33. The molecule has 10 heteroatoms. The monoisotopic (exact) mass is 379 g/mol. The van der Waals surface area contributed by atoms with Gasteiger partial charge in [-0.2, -0.15) is 13.2 Å². The van der Waals surface area contributed by atoms with E-state index in [-0.39, 0.29) is 6.07 Å². The van der Waals surface area contributed by atoms with Gasteiger partial charge < -0.3 is 5.32 Å². The Bertz CT molecular complexity index is 878. The first kappa shape index (κ1) is 19.4. The number of amides is 1. The summed E-state index contributed by atoms with van der Waals surface area (Å²) in [6, 6.07) is 3.41. The summed E-state index contributed by atoms with van der Waals surface area (Å²) in [6.45, 7) is -0.875. The molecule has 0 aliphatic carbocycles. The van der Waals surface area contributed by atoms with E-state index < -0.39 is 64.4 Å². The summed E-state index contributed by atoms with van der Waals surface area (Å²) in [7, 11) is 0. The third-order valence-corrected chi connectivity index (χ3v) is 3.27. The molecular formula is C16H8F7NO2. The molecule has 3 nitrogen and oxygen atoms in total. The first-order chi connectivity index (χ1) is 12.0. The molecular weight excluding hydrogens is 371 g/mol. The molecule has 138 valence electrons. The van der Waals surface area contributed by atoms with Crippen molar-refractivity contribution in [2.45, 2.75) is 6.18 Å². The van der Waals surface area contributed by atoms with E-state index in [0.717, 1.165) is 18.2 Å². The fourth-order valence-corrected chi connectivity index (χ4v) is 1.96. The maximum Gasteiger partial charge on any atom is 0.416 e. The summed E-state index contributed by atoms with van der Waals surface area (Å²) in [5.41, 5.74) is -2.68. The molecule has 1 amide bonds. The zero-order chi connectivity index (χ0) is 19.6. The van der Waals surface area contributed by atoms with Crippen LogP contribution in [0.25, 0.3) is 0 Å². The van der Waals surface area contributed by atoms with Gasteiger partial charge in [0.05, 0.1) is 17.7 Å². The smallest absolute Gasteiger partial charge is 0.344 e. The van der Waals surface area contributed by atoms with Crippen LogP contribution >= 0.6 is 0 Å². The van der Waals surface area contributed by atoms with Crippen molar-refractivity contribution in [1.82, 2.24) is 5.32 Å². The van der Waals surface area contributed by atoms with Crippen LogP contribution in [0.3, 0.4) is 0 Å². The molecule has 2 aromatic rings. The average molecular weight is 379 g/mol. The van der Waals surface area contributed by atoms with Gasteiger partial charge in [0.1, 0.15) is 0 Å². The number of hydrogen-bond acceptors (Lipinski definition) is 2. The second-order valence-electron chi connectivity index (χ2n) is 5.03. The predicted molar refractivity (Wildman–Crippen MR) is 74.4 cm³/mol. The lowest BCUT2D eigenvalue weighted by Gasteiger charge is -2.09. The van der Waals surface area contributed by atoms with Gasteiger partial charge in [-0.1, -0.05) is 12.1 Å². The number of benzene rings is 2. The standard InChI is InChI=1S/C16H8F7NO2/c17-10-5-9(12(18)14(20)13(10)19)15(26)24-6-11(25)7-2-1-3-8(4-7)16(21,22)23/h1-5H,6H2,(H,24,26). The maximum atomic E-state index is 13.5. The number of alkyl halides is 3. The van der Waals surface area contributed by atoms with Gasteiger partial charge in [-0.25, -0.2) is 17.6 Å². The Morgan fingerprint density at radius 3 is 2.19 bits per heavy atom. The first-order valence-corrected chi connectivity index (χ1v) is 6.84. The summed E-state index contributed by atoms with van der Waals surface area (Å²) in [5, 5.41) is 1.80. The molecule has 0 spiro atoms. The molecule has 0 heterocycles. The minimum absolute atomic E-state index is 0.0951. The molecule has 2 rings (SSSR count). The largest absolute Gasteiger partial charge is 0.416 e. The lowest BCUT2D eigenvalue weighted by atomic mass is 10.1. The van der Waals surface area contributed by atoms with E-state index in [0.29, 0.717) is 6.07 Å². The van der Waals surface area contributed by atoms with Gasteiger partial charge in [0.15, 0.2) is 29.1 Å². The number of halogens is 7. The van der Waals surface area contributed by atoms with Crippen LogP contribution in [0.2, 0.25) is 0 Å². The highest BCUT2D eigenvalue weighted by Gasteiger charge is 2.31. The SMILES string of the molecule is O=C(CNC(=O)c1cc(F)c(F)c(F)c1F)c1cccc(C(F)(F)F)c1. The molecule has 0 aliphatic rings. The molecule has 0 aromatic heterocycles. The van der Waals surface area contributed by atoms with Gasteiger partial charge in [-0.05, 0) is 18.2 Å². The fourth-order valence-electron chi connectivity index (χ4n) is 1.96. The van der Waals surface area contributed by atoms with Gasteiger partial charge in [-0.15, -0.1) is 0 Å². The Labute approximate surface area is 141 Å². The van der Waals surface area contributed by atoms with Crippen molar-refractivity contribution >= 4 is 11.7 Å². The normalized spacial score (nSPS) is 11.3. The van der Waals surface area contributed by atoms with Crippen molar-refractivity contribution < 1.29 is 40.3 Å². The summed E-state index contributed by atoms with van der Waals surface area (Å²) >= 11 is 0. The molecule has 0 saturated heterocycles. The highest BCUT2D eigenvalue weighted by Crippen LogP contribution is 2.29. The molecule has 26 heavy (non-hydrogen) atoms. The zero-order valence-electron chi connectivity index (χ0n) is 12.6. The maximum absolute atomic E-state index is 13.5. The lowest BCUT2D eigenvalue weighted by Crippen LogP contribution is -2.30. The Hall–Kier alpha value is -2.91. The van der Waals surface area contributed by atoms with Crippen LogP contribution < -0.4 is 5.32 Å². The molecule has 0 fully saturated rings. The summed E-state index contributed by atoms with van der Waals surface area (Å²) < 4.78 is 90.2. The number of carbonyl (C=O) groups excluding carboxylic acids is 2. The van der Waals surface area contributed by atoms with Gasteiger partial charge in [0.2, 0.25) is 0 Å². The van der Waals surface area contributed by atoms with Crippen LogP contribution in [0, 0.1) is 23.3 Å². The van der Waals surface area contributed by atoms with Crippen molar-refractivity contribution in [3.63, 3.8) is 0 Å². The first-order valence-electron chi connectivity index (χ1n) is 6.84. The van der Waals surface area contributed by atoms with Gasteiger partial charge in [-0.3, -0.25) is 9.59 Å². The Morgan fingerprint density at radius 2 is 1.58 bits per heavy atom. The number of carbonyl (C=O) groups is 2. The second kappa shape index (κ2) is 7.14. The van der Waals surface area contributed by atoms with Gasteiger partial charge in [0, 0.05) is 5.56 Å². The summed E-state index contributed by atoms with van der Waals surface area (Å²) in [4.78, 5) is 23.6. The number of rotatable bonds is 4. The van der Waals surface area contributed by atoms with Crippen LogP contribution in [0.5, 0.6) is 0 Å². The van der Waals surface area contributed by atoms with Crippen LogP contribution in [0.15, 0.2) is 30.3 Å². The third kappa shape index (κ3) is 4.01. The van der Waals surface area contributed by atoms with Crippen molar-refractivity contribution in [2.75, 3.05) is 6.54 Å². The van der Waals surface area contributed by atoms with E-state index in [2.05, 4.69) is 0 Å². The van der Waals surface area contributed by atoms with E-state index in [1.807, 2.05) is 0 Å². The molecule has 1 N–H and O–H groups in total. The van der Waals surface area contributed by atoms with Crippen molar-refractivity contribution in [2.24, 2.45) is 0 Å². The molecule has 0 unspecified atom stereocenters. The average Bonchev–Trinajstić information content (AvgIpc) is 2.60. The predicted octanol–water partition coefficient (Wildman–Crippen LogP) is 3.87. The second-order valence-corrected chi connectivity index (χ2v) is 5.03. The molecule has 2 aromatic carbocycles. The van der Waals surface area contributed by atoms with E-state index in [9.17, 15) is 40.3 Å². The van der Waals surface area contributed by atoms with Crippen LogP contribution in [0.4, 0.5) is 30.7 Å². The van der Waals surface area contributed by atoms with Crippen molar-refractivity contribution in [3.05, 3.63) is 70.3 Å². The lowest BCUT2D eigenvalue weighted by molar-refractivity contribution is -0.137. The van der Waals surface area contributed by atoms with Gasteiger partial charge in [0.25, 0.3) is 5.91 Å². The number of nitrogens with one attached hydrogen (secondary N) is 1. The third-order valence-electron chi connectivity index (χ3n) is 3.27. The summed E-state index contributed by atoms with van der Waals surface area (Å²) in [6.07, 6.45) is -4.69. The highest BCUT2D eigenvalue weighted by atomic mass is 19.4. The van der Waals surface area contributed by atoms with E-state index in [1.165, 1.54) is 0 Å². The molecule has 0 radical (unpaired) electrons. The van der Waals surface area contributed by atoms with E-state index in [4.69, 9.17) is 0 Å². The van der Waals surface area contributed by atoms with E-state index in [1.54, 1.807) is 5.32 Å².